The minimum absolute atomic E-state index is 0.339. The van der Waals surface area contributed by atoms with Crippen molar-refractivity contribution in [1.29, 1.82) is 0 Å². The van der Waals surface area contributed by atoms with Crippen LogP contribution < -0.4 is 0 Å². The highest BCUT2D eigenvalue weighted by Crippen LogP contribution is 2.55. The molecule has 0 N–H and O–H groups in total. The van der Waals surface area contributed by atoms with Crippen molar-refractivity contribution in [2.45, 2.75) is 32.3 Å². The highest BCUT2D eigenvalue weighted by atomic mass is 16.6. The number of ether oxygens (including phenoxy) is 1. The summed E-state index contributed by atoms with van der Waals surface area (Å²) >= 11 is 0. The van der Waals surface area contributed by atoms with Crippen LogP contribution in [-0.4, -0.2) is 12.3 Å². The van der Waals surface area contributed by atoms with Crippen LogP contribution in [0.4, 0.5) is 0 Å². The van der Waals surface area contributed by atoms with Crippen LogP contribution in [0.2, 0.25) is 0 Å². The zero-order valence-electron chi connectivity index (χ0n) is 10.1. The number of esters is 1. The van der Waals surface area contributed by atoms with Gasteiger partial charge in [0.1, 0.15) is 12.4 Å². The summed E-state index contributed by atoms with van der Waals surface area (Å²) in [6, 6.07) is 1.81. The van der Waals surface area contributed by atoms with Gasteiger partial charge in [-0.2, -0.15) is 0 Å². The quantitative estimate of drug-likeness (QED) is 0.594. The molecule has 1 saturated heterocycles. The lowest BCUT2D eigenvalue weighted by Gasteiger charge is -2.32. The molecule has 2 aliphatic rings. The van der Waals surface area contributed by atoms with Crippen molar-refractivity contribution < 1.29 is 18.7 Å². The molecule has 4 heteroatoms. The van der Waals surface area contributed by atoms with Crippen LogP contribution in [0.15, 0.2) is 34.2 Å². The molecule has 1 fully saturated rings. The summed E-state index contributed by atoms with van der Waals surface area (Å²) in [6.07, 6.45) is 6.04. The van der Waals surface area contributed by atoms with Crippen molar-refractivity contribution in [3.05, 3.63) is 35.3 Å². The molecule has 1 aromatic rings. The van der Waals surface area contributed by atoms with Crippen molar-refractivity contribution in [3.8, 4) is 0 Å². The van der Waals surface area contributed by atoms with E-state index in [2.05, 4.69) is 0 Å². The van der Waals surface area contributed by atoms with Crippen LogP contribution in [0.1, 0.15) is 37.9 Å². The monoisotopic (exact) mass is 246 g/mol. The minimum atomic E-state index is -0.407. The summed E-state index contributed by atoms with van der Waals surface area (Å²) < 4.78 is 10.5. The Balaban J connectivity index is 2.13. The molecule has 18 heavy (non-hydrogen) atoms. The van der Waals surface area contributed by atoms with Gasteiger partial charge in [-0.15, -0.1) is 0 Å². The maximum absolute atomic E-state index is 12.0. The Bertz CT molecular complexity index is 526. The normalized spacial score (nSPS) is 31.2. The van der Waals surface area contributed by atoms with Crippen LogP contribution in [0, 0.1) is 5.41 Å². The average Bonchev–Trinajstić information content (AvgIpc) is 2.95. The van der Waals surface area contributed by atoms with E-state index < -0.39 is 5.41 Å². The number of carbonyl (C=O) groups excluding carboxylic acids is 2. The van der Waals surface area contributed by atoms with Crippen molar-refractivity contribution in [3.63, 3.8) is 0 Å². The Labute approximate surface area is 105 Å². The second-order valence-corrected chi connectivity index (χ2v) is 5.13. The van der Waals surface area contributed by atoms with E-state index in [4.69, 9.17) is 9.15 Å². The van der Waals surface area contributed by atoms with E-state index in [0.717, 1.165) is 24.7 Å². The lowest BCUT2D eigenvalue weighted by Crippen LogP contribution is -2.27. The fraction of sp³-hybridized carbons (Fsp3) is 0.429. The number of hydrogen-bond donors (Lipinski definition) is 0. The first-order valence-corrected chi connectivity index (χ1v) is 6.08. The first-order chi connectivity index (χ1) is 8.66. The number of cyclic esters (lactones) is 1. The lowest BCUT2D eigenvalue weighted by atomic mass is 9.68. The fourth-order valence-electron chi connectivity index (χ4n) is 3.16. The second-order valence-electron chi connectivity index (χ2n) is 5.13. The van der Waals surface area contributed by atoms with Crippen LogP contribution in [0.3, 0.4) is 0 Å². The molecular weight excluding hydrogens is 232 g/mol. The Hall–Kier alpha value is -1.84. The zero-order chi connectivity index (χ0) is 12.8. The number of rotatable bonds is 2. The predicted molar refractivity (Wildman–Crippen MR) is 62.6 cm³/mol. The molecule has 4 nitrogen and oxygen atoms in total. The van der Waals surface area contributed by atoms with Gasteiger partial charge in [0.15, 0.2) is 0 Å². The smallest absolute Gasteiger partial charge is 0.335 e. The minimum Gasteiger partial charge on any atom is -0.472 e. The molecular formula is C14H14O4. The third-order valence-electron chi connectivity index (χ3n) is 4.03. The molecule has 1 aromatic heterocycles. The number of carbonyl (C=O) groups is 2. The molecule has 0 spiro atoms. The molecule has 94 valence electrons. The van der Waals surface area contributed by atoms with Gasteiger partial charge >= 0.3 is 5.97 Å². The van der Waals surface area contributed by atoms with Crippen molar-refractivity contribution in [2.75, 3.05) is 0 Å². The van der Waals surface area contributed by atoms with E-state index >= 15 is 0 Å². The Morgan fingerprint density at radius 1 is 1.50 bits per heavy atom. The third kappa shape index (κ3) is 1.38. The highest BCUT2D eigenvalue weighted by Gasteiger charge is 2.53. The van der Waals surface area contributed by atoms with E-state index in [-0.39, 0.29) is 12.1 Å². The van der Waals surface area contributed by atoms with E-state index in [0.29, 0.717) is 17.6 Å². The number of fused-ring (bicyclic) bond motifs is 1. The molecule has 2 heterocycles. The van der Waals surface area contributed by atoms with Gasteiger partial charge in [-0.25, -0.2) is 4.79 Å². The molecule has 3 rings (SSSR count). The number of allylic oxidation sites excluding steroid dienone is 1. The third-order valence-corrected chi connectivity index (χ3v) is 4.03. The number of aldehydes is 1. The summed E-state index contributed by atoms with van der Waals surface area (Å²) in [5, 5.41) is 0. The van der Waals surface area contributed by atoms with Gasteiger partial charge in [0.25, 0.3) is 0 Å². The van der Waals surface area contributed by atoms with Crippen molar-refractivity contribution in [2.24, 2.45) is 5.41 Å². The van der Waals surface area contributed by atoms with E-state index in [1.54, 1.807) is 18.6 Å². The SMILES string of the molecule is C[C@@]12CCCC(C=O)=C1C(=O)O[C@H]2c1ccoc1. The average molecular weight is 246 g/mol. The Morgan fingerprint density at radius 2 is 2.33 bits per heavy atom. The van der Waals surface area contributed by atoms with Crippen LogP contribution in [0.5, 0.6) is 0 Å². The summed E-state index contributed by atoms with van der Waals surface area (Å²) in [4.78, 5) is 23.1. The van der Waals surface area contributed by atoms with Gasteiger partial charge in [0, 0.05) is 16.6 Å². The van der Waals surface area contributed by atoms with Crippen LogP contribution in [0.25, 0.3) is 0 Å². The number of furan rings is 1. The fourth-order valence-corrected chi connectivity index (χ4v) is 3.16. The zero-order valence-corrected chi connectivity index (χ0v) is 10.1. The summed E-state index contributed by atoms with van der Waals surface area (Å²) in [5.74, 6) is -0.356. The molecule has 0 amide bonds. The molecule has 0 saturated carbocycles. The van der Waals surface area contributed by atoms with Gasteiger partial charge in [0.05, 0.1) is 18.1 Å². The summed E-state index contributed by atoms with van der Waals surface area (Å²) in [7, 11) is 0. The number of hydrogen-bond acceptors (Lipinski definition) is 4. The maximum Gasteiger partial charge on any atom is 0.335 e. The predicted octanol–water partition coefficient (Wildman–Crippen LogP) is 2.56. The highest BCUT2D eigenvalue weighted by molar-refractivity contribution is 5.99. The van der Waals surface area contributed by atoms with E-state index in [1.807, 2.05) is 6.92 Å². The van der Waals surface area contributed by atoms with Crippen LogP contribution >= 0.6 is 0 Å². The topological polar surface area (TPSA) is 56.5 Å². The summed E-state index contributed by atoms with van der Waals surface area (Å²) in [5.41, 5.74) is 1.61. The molecule has 2 atom stereocenters. The van der Waals surface area contributed by atoms with Crippen molar-refractivity contribution in [1.82, 2.24) is 0 Å². The molecule has 0 aromatic carbocycles. The Morgan fingerprint density at radius 3 is 3.00 bits per heavy atom. The van der Waals surface area contributed by atoms with E-state index in [9.17, 15) is 9.59 Å². The largest absolute Gasteiger partial charge is 0.472 e. The summed E-state index contributed by atoms with van der Waals surface area (Å²) in [6.45, 7) is 1.99. The second kappa shape index (κ2) is 3.83. The first-order valence-electron chi connectivity index (χ1n) is 6.08. The molecule has 0 unspecified atom stereocenters. The van der Waals surface area contributed by atoms with Crippen molar-refractivity contribution >= 4 is 12.3 Å². The van der Waals surface area contributed by atoms with Gasteiger partial charge in [-0.3, -0.25) is 4.79 Å². The van der Waals surface area contributed by atoms with Gasteiger partial charge in [-0.1, -0.05) is 6.92 Å². The Kier molecular flexibility index (Phi) is 2.40. The van der Waals surface area contributed by atoms with E-state index in [1.165, 1.54) is 0 Å². The van der Waals surface area contributed by atoms with Gasteiger partial charge < -0.3 is 9.15 Å². The molecule has 1 aliphatic carbocycles. The lowest BCUT2D eigenvalue weighted by molar-refractivity contribution is -0.140. The maximum atomic E-state index is 12.0. The standard InChI is InChI=1S/C14H14O4/c1-14-5-2-3-9(7-15)11(14)13(16)18-12(14)10-4-6-17-8-10/h4,6-8,12H,2-3,5H2,1H3/t12-,14+/m0/s1. The van der Waals surface area contributed by atoms with Gasteiger partial charge in [0.2, 0.25) is 0 Å². The first kappa shape index (κ1) is 11.3. The van der Waals surface area contributed by atoms with Crippen LogP contribution in [-0.2, 0) is 14.3 Å². The molecule has 0 radical (unpaired) electrons. The molecule has 0 bridgehead atoms. The van der Waals surface area contributed by atoms with Gasteiger partial charge in [-0.05, 0) is 25.3 Å². The molecule has 1 aliphatic heterocycles.